The van der Waals surface area contributed by atoms with E-state index in [1.165, 1.54) is 0 Å². The van der Waals surface area contributed by atoms with Gasteiger partial charge in [-0.3, -0.25) is 9.79 Å². The van der Waals surface area contributed by atoms with E-state index in [1.54, 1.807) is 6.21 Å². The van der Waals surface area contributed by atoms with Crippen molar-refractivity contribution in [2.24, 2.45) is 16.8 Å². The first-order valence-electron chi connectivity index (χ1n) is 11.3. The van der Waals surface area contributed by atoms with E-state index < -0.39 is 0 Å². The number of carbonyl (C=O) groups excluding carboxylic acids is 1. The number of aliphatic imine (C=N–C) groups is 1. The van der Waals surface area contributed by atoms with Crippen LogP contribution in [0.4, 0.5) is 11.4 Å². The van der Waals surface area contributed by atoms with Gasteiger partial charge in [0.25, 0.3) is 0 Å². The lowest BCUT2D eigenvalue weighted by Gasteiger charge is -2.39. The Morgan fingerprint density at radius 3 is 2.84 bits per heavy atom. The molecule has 0 aliphatic carbocycles. The number of amides is 1. The second-order valence-electron chi connectivity index (χ2n) is 9.15. The summed E-state index contributed by atoms with van der Waals surface area (Å²) in [4.78, 5) is 21.8. The highest BCUT2D eigenvalue weighted by atomic mass is 16.1. The third kappa shape index (κ3) is 5.95. The van der Waals surface area contributed by atoms with Gasteiger partial charge in [0.15, 0.2) is 0 Å². The number of nitriles is 1. The van der Waals surface area contributed by atoms with E-state index >= 15 is 0 Å². The maximum Gasteiger partial charge on any atom is 0.220 e. The zero-order valence-corrected chi connectivity index (χ0v) is 19.3. The smallest absolute Gasteiger partial charge is 0.220 e. The Morgan fingerprint density at radius 1 is 1.35 bits per heavy atom. The monoisotopic (exact) mass is 421 g/mol. The fourth-order valence-electron chi connectivity index (χ4n) is 4.89. The van der Waals surface area contributed by atoms with Crippen LogP contribution in [0.5, 0.6) is 0 Å². The Labute approximate surface area is 186 Å². The average Bonchev–Trinajstić information content (AvgIpc) is 3.13. The average molecular weight is 422 g/mol. The molecule has 166 valence electrons. The topological polar surface area (TPSA) is 71.7 Å². The molecule has 3 rings (SSSR count). The predicted molar refractivity (Wildman–Crippen MR) is 127 cm³/mol. The number of likely N-dealkylation sites (tertiary alicyclic amines) is 1. The number of rotatable bonds is 6. The molecule has 2 saturated heterocycles. The first-order valence-corrected chi connectivity index (χ1v) is 11.3. The van der Waals surface area contributed by atoms with Crippen LogP contribution in [0.1, 0.15) is 44.2 Å². The van der Waals surface area contributed by atoms with E-state index in [9.17, 15) is 10.1 Å². The van der Waals surface area contributed by atoms with Gasteiger partial charge in [-0.25, -0.2) is 0 Å². The molecular weight excluding hydrogens is 386 g/mol. The van der Waals surface area contributed by atoms with Gasteiger partial charge < -0.3 is 15.1 Å². The lowest BCUT2D eigenvalue weighted by atomic mass is 9.93. The van der Waals surface area contributed by atoms with Crippen LogP contribution in [0.25, 0.3) is 0 Å². The van der Waals surface area contributed by atoms with Gasteiger partial charge in [0, 0.05) is 44.0 Å². The van der Waals surface area contributed by atoms with Crippen molar-refractivity contribution in [2.75, 3.05) is 38.1 Å². The predicted octanol–water partition coefficient (Wildman–Crippen LogP) is 3.82. The number of carbonyl (C=O) groups is 1. The van der Waals surface area contributed by atoms with Crippen LogP contribution in [0.2, 0.25) is 0 Å². The van der Waals surface area contributed by atoms with E-state index in [0.717, 1.165) is 56.0 Å². The second kappa shape index (κ2) is 10.6. The molecule has 2 aliphatic heterocycles. The summed E-state index contributed by atoms with van der Waals surface area (Å²) in [7, 11) is 2.12. The summed E-state index contributed by atoms with van der Waals surface area (Å²) in [5, 5.41) is 12.8. The SMILES string of the molecule is C/C=C/C=Nc1c(C#N)ccc(N2C[C@@H](C)C[C@@H](NC(=O)CC3CCN(C)C3)C2)c1C. The Morgan fingerprint density at radius 2 is 2.16 bits per heavy atom. The number of nitrogens with one attached hydrogen (secondary N) is 1. The minimum atomic E-state index is 0.139. The summed E-state index contributed by atoms with van der Waals surface area (Å²) >= 11 is 0. The first-order chi connectivity index (χ1) is 14.9. The normalized spacial score (nSPS) is 24.7. The fourth-order valence-corrected chi connectivity index (χ4v) is 4.89. The molecule has 0 aromatic heterocycles. The van der Waals surface area contributed by atoms with Crippen LogP contribution >= 0.6 is 0 Å². The van der Waals surface area contributed by atoms with E-state index in [1.807, 2.05) is 38.1 Å². The molecule has 0 bridgehead atoms. The van der Waals surface area contributed by atoms with Crippen LogP contribution in [0.3, 0.4) is 0 Å². The number of nitrogens with zero attached hydrogens (tertiary/aromatic N) is 4. The molecule has 2 fully saturated rings. The number of piperidine rings is 1. The van der Waals surface area contributed by atoms with Gasteiger partial charge in [-0.05, 0) is 75.9 Å². The Bertz CT molecular complexity index is 885. The van der Waals surface area contributed by atoms with Crippen LogP contribution < -0.4 is 10.2 Å². The lowest BCUT2D eigenvalue weighted by Crippen LogP contribution is -2.50. The number of hydrogen-bond donors (Lipinski definition) is 1. The maximum atomic E-state index is 12.7. The van der Waals surface area contributed by atoms with E-state index in [2.05, 4.69) is 40.1 Å². The highest BCUT2D eigenvalue weighted by Gasteiger charge is 2.29. The molecule has 1 aromatic carbocycles. The number of benzene rings is 1. The molecular formula is C25H35N5O. The molecule has 0 saturated carbocycles. The number of hydrogen-bond acceptors (Lipinski definition) is 5. The van der Waals surface area contributed by atoms with Gasteiger partial charge in [-0.15, -0.1) is 0 Å². The Hall–Kier alpha value is -2.65. The fraction of sp³-hybridized carbons (Fsp3) is 0.560. The van der Waals surface area contributed by atoms with Gasteiger partial charge in [0.05, 0.1) is 11.3 Å². The standard InChI is InChI=1S/C25H35N5O/c1-5-6-10-27-25-19(3)23(8-7-21(25)14-26)30-15-18(2)12-22(17-30)28-24(31)13-20-9-11-29(4)16-20/h5-8,10,18,20,22H,9,11-13,15-17H2,1-4H3,(H,28,31)/b6-5+,27-10?/t18-,20?,22+/m0/s1. The molecule has 3 atom stereocenters. The maximum absolute atomic E-state index is 12.7. The Kier molecular flexibility index (Phi) is 7.86. The van der Waals surface area contributed by atoms with Gasteiger partial charge in [0.1, 0.15) is 6.07 Å². The largest absolute Gasteiger partial charge is 0.369 e. The molecule has 31 heavy (non-hydrogen) atoms. The molecule has 6 heteroatoms. The molecule has 6 nitrogen and oxygen atoms in total. The minimum Gasteiger partial charge on any atom is -0.369 e. The van der Waals surface area contributed by atoms with Crippen molar-refractivity contribution < 1.29 is 4.79 Å². The summed E-state index contributed by atoms with van der Waals surface area (Å²) < 4.78 is 0. The molecule has 0 spiro atoms. The van der Waals surface area contributed by atoms with Gasteiger partial charge in [-0.1, -0.05) is 13.0 Å². The molecule has 1 N–H and O–H groups in total. The molecule has 1 unspecified atom stereocenters. The molecule has 2 aliphatic rings. The van der Waals surface area contributed by atoms with Crippen molar-refractivity contribution in [1.82, 2.24) is 10.2 Å². The van der Waals surface area contributed by atoms with E-state index in [-0.39, 0.29) is 11.9 Å². The zero-order valence-electron chi connectivity index (χ0n) is 19.3. The zero-order chi connectivity index (χ0) is 22.4. The molecule has 1 aromatic rings. The first kappa shape index (κ1) is 23.0. The summed E-state index contributed by atoms with van der Waals surface area (Å²) in [6.45, 7) is 10.0. The van der Waals surface area contributed by atoms with Crippen molar-refractivity contribution in [2.45, 2.75) is 46.1 Å². The molecule has 0 radical (unpaired) electrons. The quantitative estimate of drug-likeness (QED) is 0.709. The summed E-state index contributed by atoms with van der Waals surface area (Å²) in [6.07, 6.45) is 8.23. The molecule has 1 amide bonds. The van der Waals surface area contributed by atoms with Crippen LogP contribution in [0.15, 0.2) is 29.3 Å². The van der Waals surface area contributed by atoms with Crippen molar-refractivity contribution in [3.05, 3.63) is 35.4 Å². The highest BCUT2D eigenvalue weighted by molar-refractivity contribution is 5.79. The van der Waals surface area contributed by atoms with Crippen LogP contribution in [-0.2, 0) is 4.79 Å². The van der Waals surface area contributed by atoms with Crippen molar-refractivity contribution in [1.29, 1.82) is 5.26 Å². The van der Waals surface area contributed by atoms with Gasteiger partial charge in [0.2, 0.25) is 5.91 Å². The second-order valence-corrected chi connectivity index (χ2v) is 9.15. The highest BCUT2D eigenvalue weighted by Crippen LogP contribution is 2.34. The van der Waals surface area contributed by atoms with Gasteiger partial charge in [-0.2, -0.15) is 5.26 Å². The minimum absolute atomic E-state index is 0.139. The van der Waals surface area contributed by atoms with Crippen molar-refractivity contribution >= 4 is 23.5 Å². The number of anilines is 1. The van der Waals surface area contributed by atoms with Crippen LogP contribution in [-0.4, -0.2) is 56.3 Å². The van der Waals surface area contributed by atoms with Crippen molar-refractivity contribution in [3.8, 4) is 6.07 Å². The van der Waals surface area contributed by atoms with Crippen LogP contribution in [0, 0.1) is 30.1 Å². The summed E-state index contributed by atoms with van der Waals surface area (Å²) in [6, 6.07) is 6.27. The van der Waals surface area contributed by atoms with E-state index in [0.29, 0.717) is 23.8 Å². The lowest BCUT2D eigenvalue weighted by molar-refractivity contribution is -0.122. The van der Waals surface area contributed by atoms with Gasteiger partial charge >= 0.3 is 0 Å². The van der Waals surface area contributed by atoms with E-state index in [4.69, 9.17) is 0 Å². The third-order valence-corrected chi connectivity index (χ3v) is 6.33. The summed E-state index contributed by atoms with van der Waals surface area (Å²) in [5.41, 5.74) is 3.41. The van der Waals surface area contributed by atoms with Crippen molar-refractivity contribution in [3.63, 3.8) is 0 Å². The molecule has 2 heterocycles. The third-order valence-electron chi connectivity index (χ3n) is 6.33. The summed E-state index contributed by atoms with van der Waals surface area (Å²) in [5.74, 6) is 1.12. The Balaban J connectivity index is 1.73. The number of allylic oxidation sites excluding steroid dienone is 2.